The van der Waals surface area contributed by atoms with Crippen LogP contribution in [0.25, 0.3) is 5.76 Å². The zero-order valence-corrected chi connectivity index (χ0v) is 16.3. The van der Waals surface area contributed by atoms with Gasteiger partial charge >= 0.3 is 0 Å². The first-order valence-corrected chi connectivity index (χ1v) is 9.55. The fourth-order valence-corrected chi connectivity index (χ4v) is 3.95. The second-order valence-electron chi connectivity index (χ2n) is 6.68. The zero-order valence-electron chi connectivity index (χ0n) is 15.5. The normalized spacial score (nSPS) is 19.1. The number of hydrogen-bond donors (Lipinski definition) is 1. The number of carbonyl (C=O) groups is 2. The number of Topliss-reactive ketones (excluding diaryl/α,β-unsaturated/α-hetero) is 1. The summed E-state index contributed by atoms with van der Waals surface area (Å²) in [6, 6.07) is 9.72. The van der Waals surface area contributed by atoms with Crippen LogP contribution < -0.4 is 14.7 Å². The van der Waals surface area contributed by atoms with E-state index in [2.05, 4.69) is 0 Å². The topological polar surface area (TPSA) is 74.1 Å². The Morgan fingerprint density at radius 3 is 2.67 bits per heavy atom. The maximum atomic E-state index is 13.2. The number of nitrogens with zero attached hydrogens (tertiary/aromatic N) is 1. The summed E-state index contributed by atoms with van der Waals surface area (Å²) in [4.78, 5) is 28.9. The fourth-order valence-electron chi connectivity index (χ4n) is 3.11. The van der Waals surface area contributed by atoms with Gasteiger partial charge in [0.25, 0.3) is 5.91 Å². The van der Waals surface area contributed by atoms with E-state index in [1.807, 2.05) is 31.6 Å². The molecule has 1 aliphatic heterocycles. The maximum absolute atomic E-state index is 13.2. The summed E-state index contributed by atoms with van der Waals surface area (Å²) in [7, 11) is 5.48. The number of thiophene rings is 1. The van der Waals surface area contributed by atoms with Gasteiger partial charge in [-0.15, -0.1) is 11.3 Å². The number of rotatable bonds is 6. The molecule has 0 bridgehead atoms. The maximum Gasteiger partial charge on any atom is 0.295 e. The number of quaternary nitrogens is 1. The van der Waals surface area contributed by atoms with Gasteiger partial charge in [0.05, 0.1) is 40.3 Å². The standard InChI is InChI=1S/C20H22N2O4S/c1-21(2)9-10-22-17(15-8-5-11-27-15)16(19(24)20(22)25)18(23)13-6-4-7-14(12-13)26-3/h4-8,11-12,17,23H,9-10H2,1-3H3/b18-16+. The van der Waals surface area contributed by atoms with Crippen LogP contribution in [0.2, 0.25) is 0 Å². The first kappa shape index (κ1) is 19.1. The van der Waals surface area contributed by atoms with Crippen molar-refractivity contribution in [3.63, 3.8) is 0 Å². The van der Waals surface area contributed by atoms with E-state index in [1.165, 1.54) is 23.3 Å². The van der Waals surface area contributed by atoms with Crippen molar-refractivity contribution in [3.8, 4) is 5.75 Å². The molecular weight excluding hydrogens is 364 g/mol. The second kappa shape index (κ2) is 7.94. The smallest absolute Gasteiger partial charge is 0.295 e. The third kappa shape index (κ3) is 3.74. The summed E-state index contributed by atoms with van der Waals surface area (Å²) in [5.74, 6) is -1.22. The lowest BCUT2D eigenvalue weighted by Gasteiger charge is -2.26. The van der Waals surface area contributed by atoms with Crippen molar-refractivity contribution in [1.29, 1.82) is 0 Å². The van der Waals surface area contributed by atoms with Gasteiger partial charge in [0.15, 0.2) is 0 Å². The molecule has 6 nitrogen and oxygen atoms in total. The molecule has 3 rings (SSSR count). The van der Waals surface area contributed by atoms with Crippen LogP contribution in [0.1, 0.15) is 16.5 Å². The lowest BCUT2D eigenvalue weighted by Crippen LogP contribution is -3.06. The molecule has 2 heterocycles. The molecule has 27 heavy (non-hydrogen) atoms. The minimum atomic E-state index is -0.713. The van der Waals surface area contributed by atoms with E-state index in [1.54, 1.807) is 24.3 Å². The number of amides is 1. The predicted octanol–water partition coefficient (Wildman–Crippen LogP) is 0.125. The minimum absolute atomic E-state index is 0.0180. The zero-order chi connectivity index (χ0) is 19.6. The lowest BCUT2D eigenvalue weighted by atomic mass is 10.00. The van der Waals surface area contributed by atoms with E-state index in [0.29, 0.717) is 24.4 Å². The van der Waals surface area contributed by atoms with Gasteiger partial charge in [-0.2, -0.15) is 0 Å². The molecule has 1 atom stereocenters. The molecular formula is C20H22N2O4S. The Morgan fingerprint density at radius 1 is 1.26 bits per heavy atom. The first-order valence-electron chi connectivity index (χ1n) is 8.67. The molecule has 1 unspecified atom stereocenters. The number of methoxy groups -OCH3 is 1. The van der Waals surface area contributed by atoms with E-state index in [-0.39, 0.29) is 5.57 Å². The number of ketones is 1. The van der Waals surface area contributed by atoms with Gasteiger partial charge in [0.2, 0.25) is 5.78 Å². The second-order valence-corrected chi connectivity index (χ2v) is 7.66. The summed E-state index contributed by atoms with van der Waals surface area (Å²) < 4.78 is 5.18. The highest BCUT2D eigenvalue weighted by Gasteiger charge is 2.44. The summed E-state index contributed by atoms with van der Waals surface area (Å²) in [6.07, 6.45) is 0. The molecule has 1 N–H and O–H groups in total. The molecule has 1 fully saturated rings. The third-order valence-corrected chi connectivity index (χ3v) is 5.45. The van der Waals surface area contributed by atoms with E-state index in [4.69, 9.17) is 4.74 Å². The number of hydrogen-bond acceptors (Lipinski definition) is 5. The van der Waals surface area contributed by atoms with E-state index in [9.17, 15) is 14.7 Å². The van der Waals surface area contributed by atoms with Crippen LogP contribution in [0.5, 0.6) is 5.75 Å². The fraction of sp³-hybridized carbons (Fsp3) is 0.300. The highest BCUT2D eigenvalue weighted by Crippen LogP contribution is 2.40. The van der Waals surface area contributed by atoms with Crippen molar-refractivity contribution in [2.75, 3.05) is 34.3 Å². The molecule has 1 saturated heterocycles. The largest absolute Gasteiger partial charge is 0.872 e. The van der Waals surface area contributed by atoms with Crippen molar-refractivity contribution in [2.24, 2.45) is 0 Å². The van der Waals surface area contributed by atoms with Crippen molar-refractivity contribution in [1.82, 2.24) is 4.90 Å². The Balaban J connectivity index is 2.10. The Labute approximate surface area is 162 Å². The van der Waals surface area contributed by atoms with Crippen molar-refractivity contribution in [2.45, 2.75) is 6.04 Å². The minimum Gasteiger partial charge on any atom is -0.872 e. The van der Waals surface area contributed by atoms with Crippen LogP contribution >= 0.6 is 11.3 Å². The van der Waals surface area contributed by atoms with Gasteiger partial charge in [-0.25, -0.2) is 0 Å². The Kier molecular flexibility index (Phi) is 5.62. The molecule has 0 spiro atoms. The van der Waals surface area contributed by atoms with Gasteiger partial charge in [-0.3, -0.25) is 9.59 Å². The third-order valence-electron chi connectivity index (χ3n) is 4.53. The van der Waals surface area contributed by atoms with Gasteiger partial charge in [0.1, 0.15) is 5.75 Å². The van der Waals surface area contributed by atoms with Crippen LogP contribution in [0.15, 0.2) is 47.4 Å². The number of likely N-dealkylation sites (N-methyl/N-ethyl adjacent to an activating group) is 1. The SMILES string of the molecule is COc1cccc(/C([O-])=C2\C(=O)C(=O)N(CC[NH+](C)C)C2c2cccs2)c1. The lowest BCUT2D eigenvalue weighted by molar-refractivity contribution is -0.857. The van der Waals surface area contributed by atoms with Crippen LogP contribution in [0.4, 0.5) is 0 Å². The monoisotopic (exact) mass is 386 g/mol. The average Bonchev–Trinajstić information content (AvgIpc) is 3.27. The summed E-state index contributed by atoms with van der Waals surface area (Å²) in [5.41, 5.74) is 0.358. The molecule has 0 aliphatic carbocycles. The van der Waals surface area contributed by atoms with Crippen LogP contribution in [-0.4, -0.2) is 50.9 Å². The highest BCUT2D eigenvalue weighted by molar-refractivity contribution is 7.10. The summed E-state index contributed by atoms with van der Waals surface area (Å²) in [5, 5.41) is 15.0. The van der Waals surface area contributed by atoms with E-state index < -0.39 is 23.5 Å². The number of ether oxygens (including phenoxy) is 1. The molecule has 142 valence electrons. The quantitative estimate of drug-likeness (QED) is 0.435. The molecule has 1 aliphatic rings. The van der Waals surface area contributed by atoms with Gasteiger partial charge in [-0.05, 0) is 29.1 Å². The number of carbonyl (C=O) groups excluding carboxylic acids is 2. The van der Waals surface area contributed by atoms with Crippen LogP contribution in [0, 0.1) is 0 Å². The summed E-state index contributed by atoms with van der Waals surface area (Å²) in [6.45, 7) is 1.09. The van der Waals surface area contributed by atoms with Crippen molar-refractivity contribution < 1.29 is 24.3 Å². The molecule has 0 radical (unpaired) electrons. The molecule has 7 heteroatoms. The number of nitrogens with one attached hydrogen (secondary N) is 1. The Morgan fingerprint density at radius 2 is 2.04 bits per heavy atom. The molecule has 1 aromatic heterocycles. The highest BCUT2D eigenvalue weighted by atomic mass is 32.1. The first-order chi connectivity index (χ1) is 12.9. The Hall–Kier alpha value is -2.64. The van der Waals surface area contributed by atoms with Crippen LogP contribution in [-0.2, 0) is 9.59 Å². The van der Waals surface area contributed by atoms with E-state index in [0.717, 1.165) is 9.78 Å². The molecule has 2 aromatic rings. The van der Waals surface area contributed by atoms with Gasteiger partial charge < -0.3 is 19.6 Å². The average molecular weight is 386 g/mol. The number of likely N-dealkylation sites (tertiary alicyclic amines) is 1. The molecule has 1 amide bonds. The predicted molar refractivity (Wildman–Crippen MR) is 101 cm³/mol. The Bertz CT molecular complexity index is 874. The van der Waals surface area contributed by atoms with Gasteiger partial charge in [-0.1, -0.05) is 24.0 Å². The van der Waals surface area contributed by atoms with Crippen molar-refractivity contribution in [3.05, 3.63) is 57.8 Å². The number of benzene rings is 1. The molecule has 1 aromatic carbocycles. The summed E-state index contributed by atoms with van der Waals surface area (Å²) >= 11 is 1.44. The van der Waals surface area contributed by atoms with Gasteiger partial charge in [0, 0.05) is 10.5 Å². The van der Waals surface area contributed by atoms with Crippen molar-refractivity contribution >= 4 is 28.8 Å². The molecule has 0 saturated carbocycles. The van der Waals surface area contributed by atoms with E-state index >= 15 is 0 Å². The van der Waals surface area contributed by atoms with Crippen LogP contribution in [0.3, 0.4) is 0 Å².